The van der Waals surface area contributed by atoms with Crippen LogP contribution in [-0.2, 0) is 9.53 Å². The van der Waals surface area contributed by atoms with Crippen LogP contribution >= 0.6 is 0 Å². The van der Waals surface area contributed by atoms with Gasteiger partial charge in [-0.3, -0.25) is 10.1 Å². The van der Waals surface area contributed by atoms with Gasteiger partial charge in [-0.1, -0.05) is 12.1 Å². The van der Waals surface area contributed by atoms with Crippen LogP contribution in [0.15, 0.2) is 36.5 Å². The Bertz CT molecular complexity index is 851. The van der Waals surface area contributed by atoms with Crippen molar-refractivity contribution >= 4 is 23.6 Å². The maximum atomic E-state index is 12.1. The fraction of sp³-hybridized carbons (Fsp3) is 0.263. The van der Waals surface area contributed by atoms with Crippen LogP contribution in [0.5, 0.6) is 5.88 Å². The van der Waals surface area contributed by atoms with E-state index in [0.717, 1.165) is 11.1 Å². The number of nitrogens with one attached hydrogen (secondary N) is 2. The van der Waals surface area contributed by atoms with E-state index in [-0.39, 0.29) is 11.4 Å². The topological polar surface area (TPSA) is 107 Å². The van der Waals surface area contributed by atoms with Crippen molar-refractivity contribution in [2.45, 2.75) is 20.8 Å². The second-order valence-corrected chi connectivity index (χ2v) is 5.62. The molecule has 142 valence electrons. The van der Waals surface area contributed by atoms with E-state index < -0.39 is 24.5 Å². The van der Waals surface area contributed by atoms with Crippen LogP contribution < -0.4 is 15.4 Å². The molecule has 27 heavy (non-hydrogen) atoms. The summed E-state index contributed by atoms with van der Waals surface area (Å²) in [5.74, 6) is -1.40. The van der Waals surface area contributed by atoms with Crippen molar-refractivity contribution < 1.29 is 23.9 Å². The first-order valence-corrected chi connectivity index (χ1v) is 8.34. The van der Waals surface area contributed by atoms with Gasteiger partial charge in [0, 0.05) is 11.9 Å². The summed E-state index contributed by atoms with van der Waals surface area (Å²) in [6, 6.07) is 7.76. The molecule has 0 aliphatic rings. The van der Waals surface area contributed by atoms with Gasteiger partial charge in [-0.15, -0.1) is 0 Å². The number of imide groups is 1. The van der Waals surface area contributed by atoms with Crippen molar-refractivity contribution in [3.05, 3.63) is 53.2 Å². The minimum Gasteiger partial charge on any atom is -0.477 e. The first-order chi connectivity index (χ1) is 12.9. The van der Waals surface area contributed by atoms with E-state index in [1.54, 1.807) is 25.1 Å². The molecule has 8 heteroatoms. The first kappa shape index (κ1) is 19.9. The molecular weight excluding hydrogens is 350 g/mol. The first-order valence-electron chi connectivity index (χ1n) is 8.34. The fourth-order valence-electron chi connectivity index (χ4n) is 2.21. The summed E-state index contributed by atoms with van der Waals surface area (Å²) < 4.78 is 10.2. The molecule has 0 unspecified atom stereocenters. The lowest BCUT2D eigenvalue weighted by Crippen LogP contribution is -2.37. The van der Waals surface area contributed by atoms with Gasteiger partial charge in [0.25, 0.3) is 5.91 Å². The van der Waals surface area contributed by atoms with Gasteiger partial charge in [0.15, 0.2) is 6.61 Å². The Morgan fingerprint density at radius 3 is 2.63 bits per heavy atom. The quantitative estimate of drug-likeness (QED) is 0.756. The zero-order chi connectivity index (χ0) is 19.8. The number of carbonyl (C=O) groups excluding carboxylic acids is 3. The van der Waals surface area contributed by atoms with E-state index in [2.05, 4.69) is 15.6 Å². The lowest BCUT2D eigenvalue weighted by Gasteiger charge is -2.11. The summed E-state index contributed by atoms with van der Waals surface area (Å²) in [5.41, 5.74) is 2.60. The molecule has 0 radical (unpaired) electrons. The van der Waals surface area contributed by atoms with Gasteiger partial charge < -0.3 is 14.8 Å². The summed E-state index contributed by atoms with van der Waals surface area (Å²) in [6.07, 6.45) is 1.48. The molecule has 0 aliphatic carbocycles. The highest BCUT2D eigenvalue weighted by atomic mass is 16.5. The number of carbonyl (C=O) groups is 3. The van der Waals surface area contributed by atoms with E-state index in [4.69, 9.17) is 9.47 Å². The normalized spacial score (nSPS) is 10.0. The Kier molecular flexibility index (Phi) is 6.87. The van der Waals surface area contributed by atoms with Gasteiger partial charge in [0.05, 0.1) is 6.61 Å². The number of hydrogen-bond acceptors (Lipinski definition) is 6. The van der Waals surface area contributed by atoms with Crippen LogP contribution in [0.3, 0.4) is 0 Å². The van der Waals surface area contributed by atoms with Crippen LogP contribution in [0, 0.1) is 13.8 Å². The third-order valence-corrected chi connectivity index (χ3v) is 3.71. The highest BCUT2D eigenvalue weighted by Gasteiger charge is 2.17. The lowest BCUT2D eigenvalue weighted by atomic mass is 10.1. The molecule has 0 saturated heterocycles. The molecule has 0 fully saturated rings. The van der Waals surface area contributed by atoms with Crippen LogP contribution in [0.1, 0.15) is 28.4 Å². The second-order valence-electron chi connectivity index (χ2n) is 5.62. The van der Waals surface area contributed by atoms with Crippen LogP contribution in [-0.4, -0.2) is 36.1 Å². The van der Waals surface area contributed by atoms with E-state index >= 15 is 0 Å². The number of amides is 3. The second kappa shape index (κ2) is 9.33. The average Bonchev–Trinajstić information content (AvgIpc) is 2.64. The summed E-state index contributed by atoms with van der Waals surface area (Å²) in [7, 11) is 0. The predicted molar refractivity (Wildman–Crippen MR) is 98.8 cm³/mol. The number of esters is 1. The van der Waals surface area contributed by atoms with E-state index in [9.17, 15) is 14.4 Å². The number of pyridine rings is 1. The number of anilines is 1. The Morgan fingerprint density at radius 1 is 1.11 bits per heavy atom. The molecule has 8 nitrogen and oxygen atoms in total. The summed E-state index contributed by atoms with van der Waals surface area (Å²) >= 11 is 0. The monoisotopic (exact) mass is 371 g/mol. The highest BCUT2D eigenvalue weighted by Crippen LogP contribution is 2.18. The number of aromatic nitrogens is 1. The number of aryl methyl sites for hydroxylation is 1. The minimum atomic E-state index is -0.767. The van der Waals surface area contributed by atoms with Gasteiger partial charge in [-0.05, 0) is 50.1 Å². The molecule has 0 bridgehead atoms. The molecule has 2 rings (SSSR count). The highest BCUT2D eigenvalue weighted by molar-refractivity contribution is 6.02. The maximum absolute atomic E-state index is 12.1. The van der Waals surface area contributed by atoms with Crippen molar-refractivity contribution in [1.29, 1.82) is 0 Å². The van der Waals surface area contributed by atoms with Gasteiger partial charge in [0.1, 0.15) is 5.56 Å². The molecule has 1 aromatic carbocycles. The Hall–Kier alpha value is -3.42. The summed E-state index contributed by atoms with van der Waals surface area (Å²) in [5, 5.41) is 4.69. The number of ether oxygens (including phenoxy) is 2. The van der Waals surface area contributed by atoms with Crippen molar-refractivity contribution in [1.82, 2.24) is 10.3 Å². The lowest BCUT2D eigenvalue weighted by molar-refractivity contribution is -0.123. The Morgan fingerprint density at radius 2 is 1.89 bits per heavy atom. The van der Waals surface area contributed by atoms with E-state index in [1.807, 2.05) is 19.9 Å². The minimum absolute atomic E-state index is 0.104. The third-order valence-electron chi connectivity index (χ3n) is 3.71. The number of benzene rings is 1. The SMILES string of the molecule is CCOc1ncccc1C(=O)OCC(=O)NC(=O)Nc1cccc(C)c1C. The molecule has 1 heterocycles. The largest absolute Gasteiger partial charge is 0.477 e. The number of rotatable bonds is 6. The Balaban J connectivity index is 1.88. The smallest absolute Gasteiger partial charge is 0.344 e. The standard InChI is InChI=1S/C19H21N3O5/c1-4-26-17-14(8-6-10-20-17)18(24)27-11-16(23)22-19(25)21-15-9-5-7-12(2)13(15)3/h5-10H,4,11H2,1-3H3,(H2,21,22,23,25). The number of hydrogen-bond donors (Lipinski definition) is 2. The number of nitrogens with zero attached hydrogens (tertiary/aromatic N) is 1. The van der Waals surface area contributed by atoms with Crippen molar-refractivity contribution in [3.63, 3.8) is 0 Å². The predicted octanol–water partition coefficient (Wildman–Crippen LogP) is 2.60. The van der Waals surface area contributed by atoms with E-state index in [0.29, 0.717) is 12.3 Å². The average molecular weight is 371 g/mol. The molecule has 0 aliphatic heterocycles. The summed E-state index contributed by atoms with van der Waals surface area (Å²) in [6.45, 7) is 5.25. The zero-order valence-electron chi connectivity index (χ0n) is 15.4. The maximum Gasteiger partial charge on any atom is 0.344 e. The third kappa shape index (κ3) is 5.53. The van der Waals surface area contributed by atoms with Gasteiger partial charge in [-0.2, -0.15) is 0 Å². The molecule has 0 spiro atoms. The molecule has 2 aromatic rings. The van der Waals surface area contributed by atoms with Crippen molar-refractivity contribution in [3.8, 4) is 5.88 Å². The van der Waals surface area contributed by atoms with Crippen LogP contribution in [0.2, 0.25) is 0 Å². The van der Waals surface area contributed by atoms with Gasteiger partial charge in [0.2, 0.25) is 5.88 Å². The number of urea groups is 1. The molecule has 1 aromatic heterocycles. The zero-order valence-corrected chi connectivity index (χ0v) is 15.4. The summed E-state index contributed by atoms with van der Waals surface area (Å²) in [4.78, 5) is 39.8. The van der Waals surface area contributed by atoms with Crippen molar-refractivity contribution in [2.24, 2.45) is 0 Å². The van der Waals surface area contributed by atoms with Crippen LogP contribution in [0.4, 0.5) is 10.5 Å². The van der Waals surface area contributed by atoms with Gasteiger partial charge in [-0.25, -0.2) is 14.6 Å². The molecule has 0 saturated carbocycles. The molecular formula is C19H21N3O5. The van der Waals surface area contributed by atoms with Crippen molar-refractivity contribution in [2.75, 3.05) is 18.5 Å². The fourth-order valence-corrected chi connectivity index (χ4v) is 2.21. The molecule has 2 N–H and O–H groups in total. The van der Waals surface area contributed by atoms with E-state index in [1.165, 1.54) is 12.3 Å². The molecule has 0 atom stereocenters. The van der Waals surface area contributed by atoms with Crippen LogP contribution in [0.25, 0.3) is 0 Å². The Labute approximate surface area is 156 Å². The molecule has 3 amide bonds. The van der Waals surface area contributed by atoms with Gasteiger partial charge >= 0.3 is 12.0 Å².